The minimum atomic E-state index is -3.09. The lowest BCUT2D eigenvalue weighted by molar-refractivity contribution is -0.0534. The molecule has 2 atom stereocenters. The predicted octanol–water partition coefficient (Wildman–Crippen LogP) is 5.96. The van der Waals surface area contributed by atoms with Crippen LogP contribution in [0.4, 0.5) is 13.2 Å². The van der Waals surface area contributed by atoms with Crippen LogP contribution in [0, 0.1) is 12.7 Å². The maximum atomic E-state index is 15.0. The summed E-state index contributed by atoms with van der Waals surface area (Å²) in [7, 11) is 0. The summed E-state index contributed by atoms with van der Waals surface area (Å²) in [4.78, 5) is 17.9. The molecule has 0 unspecified atom stereocenters. The molecule has 37 heavy (non-hydrogen) atoms. The van der Waals surface area contributed by atoms with Crippen molar-refractivity contribution in [2.75, 3.05) is 6.61 Å². The molecule has 1 aromatic carbocycles. The van der Waals surface area contributed by atoms with Gasteiger partial charge >= 0.3 is 6.61 Å². The largest absolute Gasteiger partial charge is 0.415 e. The molecule has 0 amide bonds. The van der Waals surface area contributed by atoms with Crippen molar-refractivity contribution in [2.24, 2.45) is 0 Å². The van der Waals surface area contributed by atoms with Crippen LogP contribution >= 0.6 is 11.6 Å². The standard InChI is InChI=1S/C25H22ClF3N6O2/c1-12-24(37-25(28)29)33-21-20(17-5-2-15(26)9-18(17)27)32-22(34-23(21)31-12)13-6-7-36-19(8-13)14-10-30-35(11-14)16-3-4-16/h2,5,9-11,13,16,19,25H,3-4,6-8H2,1H3/t13-,19+/m0/s1. The van der Waals surface area contributed by atoms with Gasteiger partial charge in [0, 0.05) is 34.9 Å². The fourth-order valence-electron chi connectivity index (χ4n) is 4.60. The SMILES string of the molecule is Cc1nc2nc([C@H]3CCO[C@@H](c4cnn(C5CC5)c4)C3)nc(-c3ccc(Cl)cc3F)c2nc1OC(F)F. The normalized spacial score (nSPS) is 20.1. The van der Waals surface area contributed by atoms with Crippen molar-refractivity contribution in [3.05, 3.63) is 58.5 Å². The average molecular weight is 531 g/mol. The minimum Gasteiger partial charge on any atom is -0.415 e. The van der Waals surface area contributed by atoms with Gasteiger partial charge in [0.1, 0.15) is 28.5 Å². The topological polar surface area (TPSA) is 87.8 Å². The first kappa shape index (κ1) is 24.1. The van der Waals surface area contributed by atoms with Crippen LogP contribution in [0.25, 0.3) is 22.4 Å². The summed E-state index contributed by atoms with van der Waals surface area (Å²) in [5.74, 6) is -0.653. The van der Waals surface area contributed by atoms with Crippen molar-refractivity contribution >= 4 is 22.8 Å². The van der Waals surface area contributed by atoms with Crippen molar-refractivity contribution in [3.8, 4) is 17.1 Å². The predicted molar refractivity (Wildman–Crippen MR) is 128 cm³/mol. The van der Waals surface area contributed by atoms with Gasteiger partial charge < -0.3 is 9.47 Å². The highest BCUT2D eigenvalue weighted by Crippen LogP contribution is 2.40. The average Bonchev–Trinajstić information content (AvgIpc) is 3.60. The molecule has 1 saturated heterocycles. The zero-order chi connectivity index (χ0) is 25.7. The Kier molecular flexibility index (Phi) is 6.20. The Morgan fingerprint density at radius 3 is 2.73 bits per heavy atom. The van der Waals surface area contributed by atoms with Crippen LogP contribution in [0.2, 0.25) is 5.02 Å². The first-order valence-corrected chi connectivity index (χ1v) is 12.4. The number of alkyl halides is 2. The molecule has 0 spiro atoms. The van der Waals surface area contributed by atoms with Crippen LogP contribution < -0.4 is 4.74 Å². The molecule has 0 bridgehead atoms. The van der Waals surface area contributed by atoms with Crippen molar-refractivity contribution in [1.82, 2.24) is 29.7 Å². The molecule has 2 aliphatic rings. The fraction of sp³-hybridized carbons (Fsp3) is 0.400. The van der Waals surface area contributed by atoms with Gasteiger partial charge in [0.2, 0.25) is 5.88 Å². The van der Waals surface area contributed by atoms with E-state index in [1.165, 1.54) is 19.1 Å². The molecule has 3 aromatic heterocycles. The van der Waals surface area contributed by atoms with Crippen LogP contribution in [-0.4, -0.2) is 42.9 Å². The Bertz CT molecular complexity index is 1480. The smallest absolute Gasteiger partial charge is 0.388 e. The van der Waals surface area contributed by atoms with Crippen LogP contribution in [0.5, 0.6) is 5.88 Å². The number of hydrogen-bond acceptors (Lipinski definition) is 7. The second kappa shape index (κ2) is 9.53. The number of nitrogens with zero attached hydrogens (tertiary/aromatic N) is 6. The second-order valence-electron chi connectivity index (χ2n) is 9.29. The number of fused-ring (bicyclic) bond motifs is 1. The van der Waals surface area contributed by atoms with E-state index in [0.717, 1.165) is 24.5 Å². The van der Waals surface area contributed by atoms with E-state index >= 15 is 4.39 Å². The maximum absolute atomic E-state index is 15.0. The second-order valence-corrected chi connectivity index (χ2v) is 9.72. The van der Waals surface area contributed by atoms with E-state index in [1.807, 2.05) is 17.1 Å². The number of ether oxygens (including phenoxy) is 2. The highest BCUT2D eigenvalue weighted by Gasteiger charge is 2.31. The van der Waals surface area contributed by atoms with Gasteiger partial charge in [0.15, 0.2) is 5.65 Å². The van der Waals surface area contributed by atoms with Gasteiger partial charge in [-0.3, -0.25) is 4.68 Å². The third-order valence-electron chi connectivity index (χ3n) is 6.63. The highest BCUT2D eigenvalue weighted by atomic mass is 35.5. The maximum Gasteiger partial charge on any atom is 0.388 e. The molecule has 4 heterocycles. The minimum absolute atomic E-state index is 0.0561. The van der Waals surface area contributed by atoms with Gasteiger partial charge in [0.25, 0.3) is 0 Å². The third-order valence-corrected chi connectivity index (χ3v) is 6.86. The van der Waals surface area contributed by atoms with E-state index in [1.54, 1.807) is 0 Å². The molecule has 0 N–H and O–H groups in total. The first-order valence-electron chi connectivity index (χ1n) is 12.0. The Morgan fingerprint density at radius 1 is 1.14 bits per heavy atom. The van der Waals surface area contributed by atoms with Gasteiger partial charge in [-0.2, -0.15) is 13.9 Å². The number of halogens is 4. The number of hydrogen-bond donors (Lipinski definition) is 0. The lowest BCUT2D eigenvalue weighted by Crippen LogP contribution is -2.20. The Hall–Kier alpha value is -3.31. The number of rotatable bonds is 6. The molecule has 8 nitrogen and oxygen atoms in total. The van der Waals surface area contributed by atoms with Crippen LogP contribution in [0.15, 0.2) is 30.6 Å². The van der Waals surface area contributed by atoms with E-state index in [0.29, 0.717) is 31.3 Å². The fourth-order valence-corrected chi connectivity index (χ4v) is 4.76. The molecule has 0 radical (unpaired) electrons. The Balaban J connectivity index is 1.42. The van der Waals surface area contributed by atoms with E-state index in [4.69, 9.17) is 21.3 Å². The first-order chi connectivity index (χ1) is 17.9. The molecule has 192 valence electrons. The summed E-state index contributed by atoms with van der Waals surface area (Å²) < 4.78 is 53.5. The monoisotopic (exact) mass is 530 g/mol. The lowest BCUT2D eigenvalue weighted by atomic mass is 9.92. The molecule has 12 heteroatoms. The highest BCUT2D eigenvalue weighted by molar-refractivity contribution is 6.30. The Labute approximate surface area is 214 Å². The van der Waals surface area contributed by atoms with E-state index in [2.05, 4.69) is 24.8 Å². The van der Waals surface area contributed by atoms with E-state index in [-0.39, 0.29) is 51.0 Å². The van der Waals surface area contributed by atoms with Gasteiger partial charge in [0.05, 0.1) is 18.3 Å². The van der Waals surface area contributed by atoms with Gasteiger partial charge in [-0.15, -0.1) is 0 Å². The molecule has 6 rings (SSSR count). The van der Waals surface area contributed by atoms with Crippen molar-refractivity contribution in [1.29, 1.82) is 0 Å². The molecule has 1 saturated carbocycles. The van der Waals surface area contributed by atoms with Crippen molar-refractivity contribution in [3.63, 3.8) is 0 Å². The summed E-state index contributed by atoms with van der Waals surface area (Å²) in [6, 6.07) is 4.62. The zero-order valence-corrected chi connectivity index (χ0v) is 20.5. The molecule has 1 aliphatic heterocycles. The van der Waals surface area contributed by atoms with E-state index < -0.39 is 12.4 Å². The summed E-state index contributed by atoms with van der Waals surface area (Å²) in [6.45, 7) is -1.11. The van der Waals surface area contributed by atoms with Gasteiger partial charge in [-0.05, 0) is 50.8 Å². The van der Waals surface area contributed by atoms with Crippen LogP contribution in [-0.2, 0) is 4.74 Å². The molecule has 1 aliphatic carbocycles. The third kappa shape index (κ3) is 4.85. The summed E-state index contributed by atoms with van der Waals surface area (Å²) in [5.41, 5.74) is 1.58. The summed E-state index contributed by atoms with van der Waals surface area (Å²) in [5, 5.41) is 4.68. The molecule has 2 fully saturated rings. The van der Waals surface area contributed by atoms with Crippen LogP contribution in [0.1, 0.15) is 60.8 Å². The zero-order valence-electron chi connectivity index (χ0n) is 19.7. The van der Waals surface area contributed by atoms with Gasteiger partial charge in [-0.1, -0.05) is 11.6 Å². The quantitative estimate of drug-likeness (QED) is 0.304. The lowest BCUT2D eigenvalue weighted by Gasteiger charge is -2.28. The van der Waals surface area contributed by atoms with Crippen LogP contribution in [0.3, 0.4) is 0 Å². The van der Waals surface area contributed by atoms with Crippen molar-refractivity contribution < 1.29 is 22.6 Å². The molecular formula is C25H22ClF3N6O2. The van der Waals surface area contributed by atoms with Crippen molar-refractivity contribution in [2.45, 2.75) is 57.3 Å². The number of aromatic nitrogens is 6. The number of benzene rings is 1. The number of aryl methyl sites for hydroxylation is 1. The Morgan fingerprint density at radius 2 is 1.97 bits per heavy atom. The van der Waals surface area contributed by atoms with Gasteiger partial charge in [-0.25, -0.2) is 24.3 Å². The summed E-state index contributed by atoms with van der Waals surface area (Å²) >= 11 is 5.95. The van der Waals surface area contributed by atoms with E-state index in [9.17, 15) is 8.78 Å². The molecule has 4 aromatic rings. The molecular weight excluding hydrogens is 509 g/mol. The summed E-state index contributed by atoms with van der Waals surface area (Å²) in [6.07, 6.45) is 7.20.